The van der Waals surface area contributed by atoms with Gasteiger partial charge in [-0.1, -0.05) is 5.16 Å². The van der Waals surface area contributed by atoms with Gasteiger partial charge in [0.1, 0.15) is 6.07 Å². The second-order valence-corrected chi connectivity index (χ2v) is 5.24. The lowest BCUT2D eigenvalue weighted by Gasteiger charge is -2.10. The zero-order valence-electron chi connectivity index (χ0n) is 13.2. The van der Waals surface area contributed by atoms with E-state index in [9.17, 15) is 4.79 Å². The second-order valence-electron chi connectivity index (χ2n) is 5.24. The number of carbonyl (C=O) groups excluding carboxylic acids is 1. The molecular formula is C17H13N5O3. The van der Waals surface area contributed by atoms with E-state index in [0.717, 1.165) is 0 Å². The summed E-state index contributed by atoms with van der Waals surface area (Å²) in [6.45, 7) is 1.58. The predicted octanol–water partition coefficient (Wildman–Crippen LogP) is 2.70. The lowest BCUT2D eigenvalue weighted by molar-refractivity contribution is 0.0987. The number of nitrogens with one attached hydrogen (secondary N) is 2. The van der Waals surface area contributed by atoms with Crippen molar-refractivity contribution in [2.75, 3.05) is 11.1 Å². The van der Waals surface area contributed by atoms with Gasteiger partial charge >= 0.3 is 0 Å². The monoisotopic (exact) mass is 335 g/mol. The molecule has 0 radical (unpaired) electrons. The number of nitrogens with two attached hydrogens (primary N) is 1. The van der Waals surface area contributed by atoms with E-state index < -0.39 is 5.91 Å². The fraction of sp³-hybridized carbons (Fsp3) is 0.0588. The third-order valence-corrected chi connectivity index (χ3v) is 3.63. The Labute approximate surface area is 142 Å². The zero-order chi connectivity index (χ0) is 18.0. The number of hydrogen-bond acceptors (Lipinski definition) is 7. The molecule has 1 amide bonds. The molecule has 124 valence electrons. The molecule has 0 atom stereocenters. The van der Waals surface area contributed by atoms with Gasteiger partial charge in [-0.2, -0.15) is 5.26 Å². The average molecular weight is 335 g/mol. The van der Waals surface area contributed by atoms with Crippen LogP contribution in [0.2, 0.25) is 0 Å². The largest absolute Gasteiger partial charge is 0.472 e. The molecule has 0 unspecified atom stereocenters. The molecule has 0 spiro atoms. The molecule has 0 aliphatic heterocycles. The molecule has 0 saturated carbocycles. The summed E-state index contributed by atoms with van der Waals surface area (Å²) in [5.74, 6) is -0.586. The van der Waals surface area contributed by atoms with Gasteiger partial charge in [0.2, 0.25) is 5.76 Å². The molecule has 0 bridgehead atoms. The number of amides is 1. The minimum absolute atomic E-state index is 0.0418. The summed E-state index contributed by atoms with van der Waals surface area (Å²) >= 11 is 0. The Kier molecular flexibility index (Phi) is 4.05. The second kappa shape index (κ2) is 6.33. The fourth-order valence-electron chi connectivity index (χ4n) is 2.25. The van der Waals surface area contributed by atoms with Crippen molar-refractivity contribution in [2.24, 2.45) is 0 Å². The van der Waals surface area contributed by atoms with Gasteiger partial charge in [0.05, 0.1) is 18.2 Å². The number of rotatable bonds is 4. The van der Waals surface area contributed by atoms with E-state index >= 15 is 0 Å². The molecule has 0 fully saturated rings. The Bertz CT molecular complexity index is 996. The first-order chi connectivity index (χ1) is 12.0. The topological polar surface area (TPSA) is 142 Å². The van der Waals surface area contributed by atoms with Crippen molar-refractivity contribution in [2.45, 2.75) is 6.92 Å². The quantitative estimate of drug-likeness (QED) is 0.494. The van der Waals surface area contributed by atoms with Crippen molar-refractivity contribution in [1.29, 1.82) is 10.7 Å². The molecule has 0 aliphatic carbocycles. The van der Waals surface area contributed by atoms with Crippen molar-refractivity contribution in [3.05, 3.63) is 64.9 Å². The molecule has 2 aromatic heterocycles. The molecule has 3 aromatic rings. The van der Waals surface area contributed by atoms with Crippen molar-refractivity contribution in [3.8, 4) is 6.07 Å². The van der Waals surface area contributed by atoms with E-state index in [-0.39, 0.29) is 17.2 Å². The highest BCUT2D eigenvalue weighted by Gasteiger charge is 2.19. The molecule has 4 N–H and O–H groups in total. The molecule has 8 heteroatoms. The summed E-state index contributed by atoms with van der Waals surface area (Å²) in [4.78, 5) is 12.3. The molecule has 8 nitrogen and oxygen atoms in total. The normalized spacial score (nSPS) is 10.2. The van der Waals surface area contributed by atoms with Crippen LogP contribution in [0.25, 0.3) is 0 Å². The lowest BCUT2D eigenvalue weighted by Crippen LogP contribution is -2.13. The van der Waals surface area contributed by atoms with E-state index in [2.05, 4.69) is 10.5 Å². The standard InChI is InChI=1S/C17H13N5O3/c1-9-14(7-18)22-25-16(9)17(23)21-11-2-3-13(19)12(6-11)15(20)10-4-5-24-8-10/h2-6,8,20H,19H2,1H3,(H,21,23). The number of nitriles is 1. The first-order valence-electron chi connectivity index (χ1n) is 7.20. The van der Waals surface area contributed by atoms with Crippen LogP contribution in [0.4, 0.5) is 11.4 Å². The van der Waals surface area contributed by atoms with Gasteiger partial charge in [0, 0.05) is 28.1 Å². The van der Waals surface area contributed by atoms with Gasteiger partial charge in [-0.25, -0.2) is 0 Å². The van der Waals surface area contributed by atoms with E-state index in [1.807, 2.05) is 6.07 Å². The van der Waals surface area contributed by atoms with Crippen LogP contribution in [0.1, 0.15) is 32.9 Å². The van der Waals surface area contributed by atoms with Crippen LogP contribution in [-0.2, 0) is 0 Å². The van der Waals surface area contributed by atoms with Crippen LogP contribution in [0, 0.1) is 23.7 Å². The van der Waals surface area contributed by atoms with Gasteiger partial charge in [-0.05, 0) is 31.2 Å². The summed E-state index contributed by atoms with van der Waals surface area (Å²) in [5, 5.41) is 23.3. The van der Waals surface area contributed by atoms with Crippen LogP contribution in [0.5, 0.6) is 0 Å². The molecule has 25 heavy (non-hydrogen) atoms. The highest BCUT2D eigenvalue weighted by Crippen LogP contribution is 2.22. The number of benzene rings is 1. The Morgan fingerprint density at radius 1 is 1.40 bits per heavy atom. The maximum atomic E-state index is 12.3. The molecular weight excluding hydrogens is 322 g/mol. The number of anilines is 2. The molecule has 2 heterocycles. The van der Waals surface area contributed by atoms with Crippen LogP contribution in [-0.4, -0.2) is 16.8 Å². The maximum absolute atomic E-state index is 12.3. The molecule has 0 saturated heterocycles. The van der Waals surface area contributed by atoms with Crippen LogP contribution in [0.15, 0.2) is 45.7 Å². The molecule has 0 aliphatic rings. The van der Waals surface area contributed by atoms with Gasteiger partial charge in [-0.15, -0.1) is 0 Å². The zero-order valence-corrected chi connectivity index (χ0v) is 13.2. The highest BCUT2D eigenvalue weighted by atomic mass is 16.5. The minimum Gasteiger partial charge on any atom is -0.472 e. The molecule has 3 rings (SSSR count). The van der Waals surface area contributed by atoms with E-state index in [1.54, 1.807) is 31.2 Å². The number of nitrogens with zero attached hydrogens (tertiary/aromatic N) is 2. The maximum Gasteiger partial charge on any atom is 0.294 e. The van der Waals surface area contributed by atoms with Crippen molar-refractivity contribution in [1.82, 2.24) is 5.16 Å². The van der Waals surface area contributed by atoms with Crippen molar-refractivity contribution in [3.63, 3.8) is 0 Å². The molecule has 1 aromatic carbocycles. The summed E-state index contributed by atoms with van der Waals surface area (Å²) in [6.07, 6.45) is 2.90. The lowest BCUT2D eigenvalue weighted by atomic mass is 10.0. The van der Waals surface area contributed by atoms with Gasteiger partial charge < -0.3 is 20.0 Å². The Morgan fingerprint density at radius 3 is 2.84 bits per heavy atom. The van der Waals surface area contributed by atoms with Gasteiger partial charge in [0.25, 0.3) is 5.91 Å². The predicted molar refractivity (Wildman–Crippen MR) is 89.4 cm³/mol. The SMILES string of the molecule is Cc1c(C#N)noc1C(=O)Nc1ccc(N)c(C(=N)c2ccoc2)c1. The first kappa shape index (κ1) is 16.0. The summed E-state index contributed by atoms with van der Waals surface area (Å²) in [7, 11) is 0. The fourth-order valence-corrected chi connectivity index (χ4v) is 2.25. The van der Waals surface area contributed by atoms with Crippen LogP contribution >= 0.6 is 0 Å². The van der Waals surface area contributed by atoms with Crippen molar-refractivity contribution < 1.29 is 13.7 Å². The third-order valence-electron chi connectivity index (χ3n) is 3.63. The van der Waals surface area contributed by atoms with Crippen LogP contribution in [0.3, 0.4) is 0 Å². The Balaban J connectivity index is 1.87. The first-order valence-corrected chi connectivity index (χ1v) is 7.20. The number of hydrogen-bond donors (Lipinski definition) is 3. The van der Waals surface area contributed by atoms with Gasteiger partial charge in [-0.3, -0.25) is 10.2 Å². The number of carbonyl (C=O) groups is 1. The van der Waals surface area contributed by atoms with E-state index in [4.69, 9.17) is 25.3 Å². The number of aromatic nitrogens is 1. The van der Waals surface area contributed by atoms with E-state index in [0.29, 0.717) is 28.1 Å². The van der Waals surface area contributed by atoms with Crippen molar-refractivity contribution >= 4 is 23.0 Å². The highest BCUT2D eigenvalue weighted by molar-refractivity contribution is 6.14. The van der Waals surface area contributed by atoms with E-state index in [1.165, 1.54) is 12.5 Å². The Morgan fingerprint density at radius 2 is 2.20 bits per heavy atom. The summed E-state index contributed by atoms with van der Waals surface area (Å²) < 4.78 is 9.90. The smallest absolute Gasteiger partial charge is 0.294 e. The van der Waals surface area contributed by atoms with Gasteiger partial charge in [0.15, 0.2) is 5.69 Å². The average Bonchev–Trinajstić information content (AvgIpc) is 3.25. The summed E-state index contributed by atoms with van der Waals surface area (Å²) in [5.41, 5.74) is 8.37. The number of furan rings is 1. The van der Waals surface area contributed by atoms with Crippen LogP contribution < -0.4 is 11.1 Å². The summed E-state index contributed by atoms with van der Waals surface area (Å²) in [6, 6.07) is 8.27. The minimum atomic E-state index is -0.544. The Hall–Kier alpha value is -3.86. The third kappa shape index (κ3) is 2.98. The number of nitrogen functional groups attached to an aromatic ring is 1.